The number of pyridine rings is 2. The summed E-state index contributed by atoms with van der Waals surface area (Å²) < 4.78 is 48.1. The topological polar surface area (TPSA) is 84.8 Å². The fourth-order valence-electron chi connectivity index (χ4n) is 4.06. The average molecular weight is 457 g/mol. The molecule has 0 bridgehead atoms. The maximum absolute atomic E-state index is 13.8. The van der Waals surface area contributed by atoms with Crippen LogP contribution in [0.15, 0.2) is 49.3 Å². The van der Waals surface area contributed by atoms with Gasteiger partial charge in [-0.3, -0.25) is 4.90 Å². The standard InChI is InChI=1S/C22H22F3N7O/c23-22(24,25)18(4-6-31-7-9-33-10-8-31)15-1-2-19(27-11-15)32-13-16(12-30-32)17-3-5-26-21-20(17)28-14-29-21/h1-3,5,11-14,18H,4,6-10H2,(H,26,28,29). The number of halogens is 3. The van der Waals surface area contributed by atoms with Gasteiger partial charge in [0.05, 0.1) is 31.7 Å². The molecule has 4 aromatic heterocycles. The molecule has 33 heavy (non-hydrogen) atoms. The molecule has 1 aliphatic rings. The van der Waals surface area contributed by atoms with Gasteiger partial charge >= 0.3 is 6.18 Å². The van der Waals surface area contributed by atoms with Gasteiger partial charge in [-0.2, -0.15) is 18.3 Å². The molecule has 1 aliphatic heterocycles. The number of H-pyrrole nitrogens is 1. The van der Waals surface area contributed by atoms with Crippen LogP contribution in [-0.4, -0.2) is 73.6 Å². The lowest BCUT2D eigenvalue weighted by atomic mass is 9.96. The van der Waals surface area contributed by atoms with Crippen LogP contribution < -0.4 is 0 Å². The molecule has 1 fully saturated rings. The predicted molar refractivity (Wildman–Crippen MR) is 115 cm³/mol. The molecule has 1 saturated heterocycles. The number of aromatic nitrogens is 6. The fourth-order valence-corrected chi connectivity index (χ4v) is 4.06. The molecule has 5 rings (SSSR count). The van der Waals surface area contributed by atoms with Gasteiger partial charge in [0, 0.05) is 42.8 Å². The van der Waals surface area contributed by atoms with E-state index in [0.717, 1.165) is 11.1 Å². The van der Waals surface area contributed by atoms with Crippen LogP contribution in [0.1, 0.15) is 17.9 Å². The Balaban J connectivity index is 1.34. The second-order valence-electron chi connectivity index (χ2n) is 7.92. The third-order valence-electron chi connectivity index (χ3n) is 5.85. The molecule has 1 N–H and O–H groups in total. The Labute approximate surface area is 187 Å². The number of ether oxygens (including phenoxy) is 1. The lowest BCUT2D eigenvalue weighted by molar-refractivity contribution is -0.153. The zero-order valence-electron chi connectivity index (χ0n) is 17.7. The number of alkyl halides is 3. The Bertz CT molecular complexity index is 1210. The molecule has 1 unspecified atom stereocenters. The van der Waals surface area contributed by atoms with E-state index in [-0.39, 0.29) is 12.0 Å². The van der Waals surface area contributed by atoms with Crippen molar-refractivity contribution in [3.8, 4) is 16.9 Å². The molecule has 0 aliphatic carbocycles. The SMILES string of the molecule is FC(F)(F)C(CCN1CCOCC1)c1ccc(-n2cc(-c3ccnc4[nH]cnc34)cn2)nc1. The van der Waals surface area contributed by atoms with E-state index in [1.807, 2.05) is 11.0 Å². The largest absolute Gasteiger partial charge is 0.395 e. The number of hydrogen-bond acceptors (Lipinski definition) is 6. The van der Waals surface area contributed by atoms with Crippen molar-refractivity contribution in [3.63, 3.8) is 0 Å². The van der Waals surface area contributed by atoms with E-state index in [0.29, 0.717) is 49.8 Å². The first-order valence-corrected chi connectivity index (χ1v) is 10.7. The summed E-state index contributed by atoms with van der Waals surface area (Å²) in [6.45, 7) is 2.80. The first-order chi connectivity index (χ1) is 16.0. The quantitative estimate of drug-likeness (QED) is 0.477. The second kappa shape index (κ2) is 8.91. The van der Waals surface area contributed by atoms with Gasteiger partial charge in [-0.1, -0.05) is 6.07 Å². The Morgan fingerprint density at radius 3 is 2.67 bits per heavy atom. The van der Waals surface area contributed by atoms with Crippen molar-refractivity contribution >= 4 is 11.2 Å². The minimum absolute atomic E-state index is 0.0157. The predicted octanol–water partition coefficient (Wildman–Crippen LogP) is 3.57. The normalized spacial score (nSPS) is 16.3. The molecule has 8 nitrogen and oxygen atoms in total. The van der Waals surface area contributed by atoms with Gasteiger partial charge in [-0.25, -0.2) is 19.6 Å². The molecule has 0 spiro atoms. The zero-order valence-corrected chi connectivity index (χ0v) is 17.7. The van der Waals surface area contributed by atoms with E-state index >= 15 is 0 Å². The van der Waals surface area contributed by atoms with E-state index < -0.39 is 12.1 Å². The van der Waals surface area contributed by atoms with Gasteiger partial charge < -0.3 is 9.72 Å². The number of nitrogens with one attached hydrogen (secondary N) is 1. The molecule has 1 atom stereocenters. The number of nitrogens with zero attached hydrogens (tertiary/aromatic N) is 6. The van der Waals surface area contributed by atoms with Crippen molar-refractivity contribution in [2.45, 2.75) is 18.5 Å². The van der Waals surface area contributed by atoms with Crippen LogP contribution in [0.25, 0.3) is 28.1 Å². The summed E-state index contributed by atoms with van der Waals surface area (Å²) in [5.74, 6) is -1.13. The van der Waals surface area contributed by atoms with Crippen LogP contribution in [0.3, 0.4) is 0 Å². The van der Waals surface area contributed by atoms with Gasteiger partial charge in [0.2, 0.25) is 0 Å². The Kier molecular flexibility index (Phi) is 5.81. The number of hydrogen-bond donors (Lipinski definition) is 1. The van der Waals surface area contributed by atoms with E-state index in [4.69, 9.17) is 4.74 Å². The van der Waals surface area contributed by atoms with E-state index in [1.165, 1.54) is 16.9 Å². The van der Waals surface area contributed by atoms with E-state index in [2.05, 4.69) is 25.0 Å². The fraction of sp³-hybridized carbons (Fsp3) is 0.364. The zero-order chi connectivity index (χ0) is 22.8. The van der Waals surface area contributed by atoms with Crippen LogP contribution in [0.4, 0.5) is 13.2 Å². The molecule has 0 radical (unpaired) electrons. The highest BCUT2D eigenvalue weighted by Gasteiger charge is 2.40. The molecule has 0 saturated carbocycles. The van der Waals surface area contributed by atoms with Gasteiger partial charge in [0.15, 0.2) is 11.5 Å². The van der Waals surface area contributed by atoms with E-state index in [1.54, 1.807) is 31.0 Å². The van der Waals surface area contributed by atoms with Crippen molar-refractivity contribution < 1.29 is 17.9 Å². The summed E-state index contributed by atoms with van der Waals surface area (Å²) in [5, 5.41) is 4.33. The van der Waals surface area contributed by atoms with Gasteiger partial charge in [0.1, 0.15) is 5.52 Å². The highest BCUT2D eigenvalue weighted by atomic mass is 19.4. The van der Waals surface area contributed by atoms with Gasteiger partial charge in [0.25, 0.3) is 0 Å². The third-order valence-corrected chi connectivity index (χ3v) is 5.85. The molecule has 5 heterocycles. The monoisotopic (exact) mass is 457 g/mol. The van der Waals surface area contributed by atoms with Crippen LogP contribution >= 0.6 is 0 Å². The molecule has 0 aromatic carbocycles. The average Bonchev–Trinajstić information content (AvgIpc) is 3.49. The summed E-state index contributed by atoms with van der Waals surface area (Å²) in [6.07, 6.45) is 3.62. The summed E-state index contributed by atoms with van der Waals surface area (Å²) in [5.41, 5.74) is 3.19. The molecular formula is C22H22F3N7O. The third kappa shape index (κ3) is 4.60. The van der Waals surface area contributed by atoms with Crippen LogP contribution in [0, 0.1) is 0 Å². The highest BCUT2D eigenvalue weighted by Crippen LogP contribution is 2.37. The first kappa shape index (κ1) is 21.5. The Hall–Kier alpha value is -3.31. The molecule has 11 heteroatoms. The molecule has 172 valence electrons. The van der Waals surface area contributed by atoms with Crippen molar-refractivity contribution in [2.75, 3.05) is 32.8 Å². The number of aromatic amines is 1. The number of imidazole rings is 1. The number of morpholine rings is 1. The van der Waals surface area contributed by atoms with Crippen molar-refractivity contribution in [3.05, 3.63) is 54.9 Å². The summed E-state index contributed by atoms with van der Waals surface area (Å²) >= 11 is 0. The van der Waals surface area contributed by atoms with Crippen LogP contribution in [-0.2, 0) is 4.74 Å². The molecule has 4 aromatic rings. The lowest BCUT2D eigenvalue weighted by Gasteiger charge is -2.29. The van der Waals surface area contributed by atoms with Crippen molar-refractivity contribution in [2.24, 2.45) is 0 Å². The van der Waals surface area contributed by atoms with Gasteiger partial charge in [-0.15, -0.1) is 0 Å². The van der Waals surface area contributed by atoms with Crippen LogP contribution in [0.2, 0.25) is 0 Å². The smallest absolute Gasteiger partial charge is 0.379 e. The van der Waals surface area contributed by atoms with E-state index in [9.17, 15) is 13.2 Å². The molecule has 0 amide bonds. The molecular weight excluding hydrogens is 435 g/mol. The minimum Gasteiger partial charge on any atom is -0.379 e. The Morgan fingerprint density at radius 2 is 1.91 bits per heavy atom. The van der Waals surface area contributed by atoms with Crippen LogP contribution in [0.5, 0.6) is 0 Å². The Morgan fingerprint density at radius 1 is 1.06 bits per heavy atom. The minimum atomic E-state index is -4.34. The second-order valence-corrected chi connectivity index (χ2v) is 7.92. The summed E-state index contributed by atoms with van der Waals surface area (Å²) in [6, 6.07) is 4.89. The number of rotatable bonds is 6. The highest BCUT2D eigenvalue weighted by molar-refractivity contribution is 5.88. The van der Waals surface area contributed by atoms with Crippen molar-refractivity contribution in [1.82, 2.24) is 34.6 Å². The number of fused-ring (bicyclic) bond motifs is 1. The summed E-state index contributed by atoms with van der Waals surface area (Å²) in [7, 11) is 0. The van der Waals surface area contributed by atoms with Gasteiger partial charge in [-0.05, 0) is 30.7 Å². The first-order valence-electron chi connectivity index (χ1n) is 10.7. The lowest BCUT2D eigenvalue weighted by Crippen LogP contribution is -2.38. The summed E-state index contributed by atoms with van der Waals surface area (Å²) in [4.78, 5) is 17.8. The van der Waals surface area contributed by atoms with Crippen molar-refractivity contribution in [1.29, 1.82) is 0 Å². The maximum Gasteiger partial charge on any atom is 0.395 e. The maximum atomic E-state index is 13.8.